The highest BCUT2D eigenvalue weighted by atomic mass is 16.4. The van der Waals surface area contributed by atoms with E-state index in [1.165, 1.54) is 6.42 Å². The fourth-order valence-corrected chi connectivity index (χ4v) is 3.73. The number of benzene rings is 1. The molecule has 0 atom stereocenters. The monoisotopic (exact) mass is 345 g/mol. The van der Waals surface area contributed by atoms with Crippen molar-refractivity contribution in [1.29, 1.82) is 0 Å². The van der Waals surface area contributed by atoms with Gasteiger partial charge in [0, 0.05) is 50.5 Å². The molecule has 6 nitrogen and oxygen atoms in total. The largest absolute Gasteiger partial charge is 0.478 e. The van der Waals surface area contributed by atoms with Crippen LogP contribution in [0.2, 0.25) is 0 Å². The first kappa shape index (κ1) is 17.6. The number of likely N-dealkylation sites (tertiary alicyclic amines) is 1. The molecule has 6 heteroatoms. The lowest BCUT2D eigenvalue weighted by Gasteiger charge is -2.33. The van der Waals surface area contributed by atoms with Crippen molar-refractivity contribution in [1.82, 2.24) is 4.90 Å². The predicted molar refractivity (Wildman–Crippen MR) is 98.4 cm³/mol. The first-order chi connectivity index (χ1) is 12.0. The quantitative estimate of drug-likeness (QED) is 0.878. The molecule has 1 aromatic carbocycles. The zero-order chi connectivity index (χ0) is 17.8. The number of piperidine rings is 2. The molecule has 2 N–H and O–H groups in total. The SMILES string of the molecule is CC(=O)N1CCC(Nc2cc(C(=O)O)cc(N3CCCCC3)c2)CC1. The van der Waals surface area contributed by atoms with Gasteiger partial charge in [0.1, 0.15) is 0 Å². The van der Waals surface area contributed by atoms with E-state index in [9.17, 15) is 14.7 Å². The number of carboxylic acid groups (broad SMARTS) is 1. The molecule has 0 aromatic heterocycles. The summed E-state index contributed by atoms with van der Waals surface area (Å²) in [7, 11) is 0. The van der Waals surface area contributed by atoms with Crippen LogP contribution in [0.5, 0.6) is 0 Å². The van der Waals surface area contributed by atoms with Crippen LogP contribution < -0.4 is 10.2 Å². The Labute approximate surface area is 148 Å². The van der Waals surface area contributed by atoms with E-state index in [2.05, 4.69) is 16.3 Å². The lowest BCUT2D eigenvalue weighted by Crippen LogP contribution is -2.41. The Kier molecular flexibility index (Phi) is 5.46. The highest BCUT2D eigenvalue weighted by Crippen LogP contribution is 2.27. The van der Waals surface area contributed by atoms with Crippen molar-refractivity contribution in [3.8, 4) is 0 Å². The molecule has 2 saturated heterocycles. The van der Waals surface area contributed by atoms with Crippen molar-refractivity contribution >= 4 is 23.3 Å². The van der Waals surface area contributed by atoms with Crippen LogP contribution in [0.1, 0.15) is 49.4 Å². The maximum absolute atomic E-state index is 11.5. The number of carboxylic acids is 1. The summed E-state index contributed by atoms with van der Waals surface area (Å²) in [5, 5.41) is 12.9. The van der Waals surface area contributed by atoms with Crippen molar-refractivity contribution in [3.63, 3.8) is 0 Å². The van der Waals surface area contributed by atoms with Crippen LogP contribution in [-0.4, -0.2) is 54.1 Å². The Bertz CT molecular complexity index is 633. The third-order valence-electron chi connectivity index (χ3n) is 5.20. The maximum Gasteiger partial charge on any atom is 0.335 e. The van der Waals surface area contributed by atoms with Gasteiger partial charge in [-0.3, -0.25) is 4.79 Å². The van der Waals surface area contributed by atoms with E-state index >= 15 is 0 Å². The topological polar surface area (TPSA) is 72.9 Å². The number of nitrogens with zero attached hydrogens (tertiary/aromatic N) is 2. The van der Waals surface area contributed by atoms with Crippen LogP contribution in [-0.2, 0) is 4.79 Å². The van der Waals surface area contributed by atoms with Crippen molar-refractivity contribution in [2.24, 2.45) is 0 Å². The predicted octanol–water partition coefficient (Wildman–Crippen LogP) is 2.80. The normalized spacial score (nSPS) is 18.9. The van der Waals surface area contributed by atoms with Gasteiger partial charge in [0.25, 0.3) is 0 Å². The zero-order valence-corrected chi connectivity index (χ0v) is 14.8. The van der Waals surface area contributed by atoms with Crippen molar-refractivity contribution < 1.29 is 14.7 Å². The number of hydrogen-bond donors (Lipinski definition) is 2. The number of aromatic carboxylic acids is 1. The molecule has 0 unspecified atom stereocenters. The molecule has 0 spiro atoms. The minimum Gasteiger partial charge on any atom is -0.478 e. The third-order valence-corrected chi connectivity index (χ3v) is 5.20. The zero-order valence-electron chi connectivity index (χ0n) is 14.8. The molecule has 2 heterocycles. The summed E-state index contributed by atoms with van der Waals surface area (Å²) in [5.41, 5.74) is 2.18. The van der Waals surface area contributed by atoms with Crippen LogP contribution >= 0.6 is 0 Å². The molecule has 1 aromatic rings. The first-order valence-electron chi connectivity index (χ1n) is 9.18. The van der Waals surface area contributed by atoms with Gasteiger partial charge in [-0.2, -0.15) is 0 Å². The number of anilines is 2. The highest BCUT2D eigenvalue weighted by Gasteiger charge is 2.21. The van der Waals surface area contributed by atoms with Crippen LogP contribution in [0.3, 0.4) is 0 Å². The highest BCUT2D eigenvalue weighted by molar-refractivity contribution is 5.90. The summed E-state index contributed by atoms with van der Waals surface area (Å²) in [6.45, 7) is 5.09. The first-order valence-corrected chi connectivity index (χ1v) is 9.18. The van der Waals surface area contributed by atoms with E-state index in [1.54, 1.807) is 19.1 Å². The van der Waals surface area contributed by atoms with E-state index in [1.807, 2.05) is 4.90 Å². The number of carbonyl (C=O) groups excluding carboxylic acids is 1. The summed E-state index contributed by atoms with van der Waals surface area (Å²) < 4.78 is 0. The fraction of sp³-hybridized carbons (Fsp3) is 0.579. The van der Waals surface area contributed by atoms with Gasteiger partial charge >= 0.3 is 5.97 Å². The molecule has 0 saturated carbocycles. The number of amides is 1. The Balaban J connectivity index is 1.73. The average molecular weight is 345 g/mol. The average Bonchev–Trinajstić information content (AvgIpc) is 2.62. The van der Waals surface area contributed by atoms with E-state index in [0.29, 0.717) is 5.56 Å². The van der Waals surface area contributed by atoms with Crippen LogP contribution in [0.15, 0.2) is 18.2 Å². The molecular formula is C19H27N3O3. The molecule has 3 rings (SSSR count). The van der Waals surface area contributed by atoms with Gasteiger partial charge in [-0.05, 0) is 50.3 Å². The number of carbonyl (C=O) groups is 2. The van der Waals surface area contributed by atoms with Gasteiger partial charge in [-0.1, -0.05) is 0 Å². The summed E-state index contributed by atoms with van der Waals surface area (Å²) >= 11 is 0. The smallest absolute Gasteiger partial charge is 0.335 e. The number of rotatable bonds is 4. The summed E-state index contributed by atoms with van der Waals surface area (Å²) in [4.78, 5) is 27.1. The Morgan fingerprint density at radius 1 is 1.04 bits per heavy atom. The van der Waals surface area contributed by atoms with Crippen molar-refractivity contribution in [2.45, 2.75) is 45.1 Å². The molecule has 1 amide bonds. The van der Waals surface area contributed by atoms with Crippen molar-refractivity contribution in [3.05, 3.63) is 23.8 Å². The van der Waals surface area contributed by atoms with Crippen LogP contribution in [0.4, 0.5) is 11.4 Å². The number of hydrogen-bond acceptors (Lipinski definition) is 4. The minimum atomic E-state index is -0.895. The lowest BCUT2D eigenvalue weighted by atomic mass is 10.0. The molecule has 0 aliphatic carbocycles. The third kappa shape index (κ3) is 4.44. The summed E-state index contributed by atoms with van der Waals surface area (Å²) in [6.07, 6.45) is 5.33. The Hall–Kier alpha value is -2.24. The lowest BCUT2D eigenvalue weighted by molar-refractivity contribution is -0.129. The molecule has 0 bridgehead atoms. The van der Waals surface area contributed by atoms with Gasteiger partial charge in [0.2, 0.25) is 5.91 Å². The molecule has 0 radical (unpaired) electrons. The van der Waals surface area contributed by atoms with Gasteiger partial charge in [0.15, 0.2) is 0 Å². The fourth-order valence-electron chi connectivity index (χ4n) is 3.73. The number of nitrogens with one attached hydrogen (secondary N) is 1. The summed E-state index contributed by atoms with van der Waals surface area (Å²) in [5.74, 6) is -0.771. The van der Waals surface area contributed by atoms with Crippen LogP contribution in [0.25, 0.3) is 0 Å². The minimum absolute atomic E-state index is 0.124. The second-order valence-electron chi connectivity index (χ2n) is 7.05. The molecule has 2 aliphatic heterocycles. The Morgan fingerprint density at radius 2 is 1.72 bits per heavy atom. The standard InChI is InChI=1S/C19H27N3O3/c1-14(23)21-9-5-16(6-10-21)20-17-11-15(19(24)25)12-18(13-17)22-7-3-2-4-8-22/h11-13,16,20H,2-10H2,1H3,(H,24,25). The molecular weight excluding hydrogens is 318 g/mol. The van der Waals surface area contributed by atoms with Crippen molar-refractivity contribution in [2.75, 3.05) is 36.4 Å². The summed E-state index contributed by atoms with van der Waals surface area (Å²) in [6, 6.07) is 5.83. The molecule has 2 aliphatic rings. The van der Waals surface area contributed by atoms with E-state index in [4.69, 9.17) is 0 Å². The van der Waals surface area contributed by atoms with E-state index in [0.717, 1.165) is 63.2 Å². The Morgan fingerprint density at radius 3 is 2.32 bits per heavy atom. The van der Waals surface area contributed by atoms with Gasteiger partial charge in [-0.25, -0.2) is 4.79 Å². The maximum atomic E-state index is 11.5. The van der Waals surface area contributed by atoms with E-state index < -0.39 is 5.97 Å². The van der Waals surface area contributed by atoms with Gasteiger partial charge in [-0.15, -0.1) is 0 Å². The molecule has 25 heavy (non-hydrogen) atoms. The van der Waals surface area contributed by atoms with E-state index in [-0.39, 0.29) is 11.9 Å². The van der Waals surface area contributed by atoms with Crippen LogP contribution in [0, 0.1) is 0 Å². The van der Waals surface area contributed by atoms with Gasteiger partial charge in [0.05, 0.1) is 5.56 Å². The second kappa shape index (κ2) is 7.76. The molecule has 2 fully saturated rings. The molecule has 136 valence electrons. The second-order valence-corrected chi connectivity index (χ2v) is 7.05. The van der Waals surface area contributed by atoms with Gasteiger partial charge < -0.3 is 20.2 Å².